The zero-order valence-electron chi connectivity index (χ0n) is 16.7. The van der Waals surface area contributed by atoms with E-state index in [4.69, 9.17) is 19.5 Å². The molecule has 1 aromatic carbocycles. The number of carbonyl (C=O) groups is 2. The molecule has 0 bridgehead atoms. The monoisotopic (exact) mass is 389 g/mol. The third-order valence-electron chi connectivity index (χ3n) is 4.31. The largest absolute Gasteiger partial charge is 0.490 e. The predicted molar refractivity (Wildman–Crippen MR) is 103 cm³/mol. The highest BCUT2D eigenvalue weighted by Crippen LogP contribution is 2.39. The third-order valence-corrected chi connectivity index (χ3v) is 4.31. The van der Waals surface area contributed by atoms with E-state index in [9.17, 15) is 9.59 Å². The molecule has 0 aliphatic carbocycles. The molecule has 1 saturated heterocycles. The van der Waals surface area contributed by atoms with E-state index in [1.165, 1.54) is 0 Å². The number of ether oxygens (including phenoxy) is 3. The van der Waals surface area contributed by atoms with Gasteiger partial charge in [-0.2, -0.15) is 5.26 Å². The number of benzene rings is 1. The summed E-state index contributed by atoms with van der Waals surface area (Å²) >= 11 is 0. The molecule has 8 nitrogen and oxygen atoms in total. The van der Waals surface area contributed by atoms with Crippen molar-refractivity contribution in [3.63, 3.8) is 0 Å². The molecule has 1 aromatic rings. The molecule has 1 fully saturated rings. The van der Waals surface area contributed by atoms with Gasteiger partial charge in [0, 0.05) is 31.7 Å². The Labute approximate surface area is 165 Å². The van der Waals surface area contributed by atoms with Gasteiger partial charge < -0.3 is 24.0 Å². The summed E-state index contributed by atoms with van der Waals surface area (Å²) in [5.74, 6) is 1.09. The first-order chi connectivity index (χ1) is 13.5. The van der Waals surface area contributed by atoms with E-state index in [1.54, 1.807) is 21.9 Å². The molecule has 8 heteroatoms. The van der Waals surface area contributed by atoms with Crippen LogP contribution in [-0.2, 0) is 4.79 Å². The number of nitrogens with zero attached hydrogens (tertiary/aromatic N) is 3. The molecule has 0 saturated carbocycles. The first kappa shape index (κ1) is 21.4. The molecule has 152 valence electrons. The fraction of sp³-hybridized carbons (Fsp3) is 0.550. The van der Waals surface area contributed by atoms with Gasteiger partial charge in [0.05, 0.1) is 25.9 Å². The fourth-order valence-electron chi connectivity index (χ4n) is 3.03. The maximum Gasteiger partial charge on any atom is 0.254 e. The van der Waals surface area contributed by atoms with Crippen LogP contribution in [0.3, 0.4) is 0 Å². The molecule has 0 atom stereocenters. The summed E-state index contributed by atoms with van der Waals surface area (Å²) in [6, 6.07) is 5.21. The molecular weight excluding hydrogens is 362 g/mol. The van der Waals surface area contributed by atoms with Crippen LogP contribution in [0.25, 0.3) is 0 Å². The summed E-state index contributed by atoms with van der Waals surface area (Å²) in [6.07, 6.45) is -0.137. The van der Waals surface area contributed by atoms with Crippen LogP contribution in [0.5, 0.6) is 17.2 Å². The van der Waals surface area contributed by atoms with Gasteiger partial charge in [0.25, 0.3) is 5.91 Å². The van der Waals surface area contributed by atoms with Crippen molar-refractivity contribution < 1.29 is 23.8 Å². The topological polar surface area (TPSA) is 92.1 Å². The van der Waals surface area contributed by atoms with Crippen molar-refractivity contribution in [3.8, 4) is 23.3 Å². The Balaban J connectivity index is 2.21. The summed E-state index contributed by atoms with van der Waals surface area (Å²) in [5, 5.41) is 8.66. The molecule has 1 heterocycles. The van der Waals surface area contributed by atoms with E-state index in [-0.39, 0.29) is 18.2 Å². The summed E-state index contributed by atoms with van der Waals surface area (Å²) in [5.41, 5.74) is 0.451. The van der Waals surface area contributed by atoms with E-state index in [0.717, 1.165) is 0 Å². The average Bonchev–Trinajstić information content (AvgIpc) is 2.70. The van der Waals surface area contributed by atoms with Crippen molar-refractivity contribution in [2.75, 3.05) is 46.0 Å². The highest BCUT2D eigenvalue weighted by atomic mass is 16.5. The van der Waals surface area contributed by atoms with Crippen molar-refractivity contribution >= 4 is 11.8 Å². The van der Waals surface area contributed by atoms with Gasteiger partial charge in [-0.25, -0.2) is 0 Å². The molecule has 0 unspecified atom stereocenters. The maximum absolute atomic E-state index is 13.0. The lowest BCUT2D eigenvalue weighted by atomic mass is 10.1. The second-order valence-corrected chi connectivity index (χ2v) is 6.11. The van der Waals surface area contributed by atoms with Crippen LogP contribution in [0.1, 0.15) is 37.6 Å². The van der Waals surface area contributed by atoms with E-state index in [0.29, 0.717) is 68.8 Å². The Morgan fingerprint density at radius 3 is 1.89 bits per heavy atom. The van der Waals surface area contributed by atoms with Crippen LogP contribution < -0.4 is 14.2 Å². The number of amides is 2. The van der Waals surface area contributed by atoms with Gasteiger partial charge in [-0.1, -0.05) is 0 Å². The number of carbonyl (C=O) groups excluding carboxylic acids is 2. The Hall–Kier alpha value is -2.95. The minimum atomic E-state index is -0.201. The van der Waals surface area contributed by atoms with E-state index < -0.39 is 0 Å². The summed E-state index contributed by atoms with van der Waals surface area (Å²) in [7, 11) is 0. The zero-order chi connectivity index (χ0) is 20.5. The molecule has 2 amide bonds. The zero-order valence-corrected chi connectivity index (χ0v) is 16.7. The van der Waals surface area contributed by atoms with Gasteiger partial charge in [0.2, 0.25) is 11.7 Å². The smallest absolute Gasteiger partial charge is 0.254 e. The van der Waals surface area contributed by atoms with Crippen LogP contribution in [0.2, 0.25) is 0 Å². The second-order valence-electron chi connectivity index (χ2n) is 6.11. The van der Waals surface area contributed by atoms with Gasteiger partial charge in [0.1, 0.15) is 6.42 Å². The van der Waals surface area contributed by atoms with Gasteiger partial charge in [-0.3, -0.25) is 9.59 Å². The Morgan fingerprint density at radius 2 is 1.43 bits per heavy atom. The fourth-order valence-corrected chi connectivity index (χ4v) is 3.03. The minimum Gasteiger partial charge on any atom is -0.490 e. The van der Waals surface area contributed by atoms with Gasteiger partial charge in [0.15, 0.2) is 11.5 Å². The van der Waals surface area contributed by atoms with Crippen molar-refractivity contribution in [3.05, 3.63) is 17.7 Å². The molecule has 0 spiro atoms. The van der Waals surface area contributed by atoms with Crippen LogP contribution in [0, 0.1) is 11.3 Å². The van der Waals surface area contributed by atoms with Crippen LogP contribution in [-0.4, -0.2) is 67.6 Å². The lowest BCUT2D eigenvalue weighted by molar-refractivity contribution is -0.131. The molecule has 0 radical (unpaired) electrons. The first-order valence-corrected chi connectivity index (χ1v) is 9.56. The summed E-state index contributed by atoms with van der Waals surface area (Å²) < 4.78 is 17.0. The number of rotatable bonds is 8. The van der Waals surface area contributed by atoms with Gasteiger partial charge in [-0.05, 0) is 32.9 Å². The van der Waals surface area contributed by atoms with Crippen molar-refractivity contribution in [1.29, 1.82) is 5.26 Å². The number of hydrogen-bond acceptors (Lipinski definition) is 6. The van der Waals surface area contributed by atoms with Crippen LogP contribution in [0.4, 0.5) is 0 Å². The van der Waals surface area contributed by atoms with Crippen molar-refractivity contribution in [2.45, 2.75) is 27.2 Å². The van der Waals surface area contributed by atoms with Crippen LogP contribution >= 0.6 is 0 Å². The minimum absolute atomic E-state index is 0.137. The average molecular weight is 389 g/mol. The van der Waals surface area contributed by atoms with E-state index in [2.05, 4.69) is 0 Å². The Kier molecular flexibility index (Phi) is 7.93. The summed E-state index contributed by atoms with van der Waals surface area (Å²) in [4.78, 5) is 28.1. The standard InChI is InChI=1S/C20H27N3O5/c1-4-26-16-13-15(14-17(27-5-2)19(16)28-6-3)20(25)23-11-9-22(10-12-23)18(24)7-8-21/h13-14H,4-7,9-12H2,1-3H3. The quantitative estimate of drug-likeness (QED) is 0.676. The highest BCUT2D eigenvalue weighted by Gasteiger charge is 2.26. The maximum atomic E-state index is 13.0. The molecule has 1 aliphatic rings. The number of hydrogen-bond donors (Lipinski definition) is 0. The third kappa shape index (κ3) is 5.06. The van der Waals surface area contributed by atoms with Crippen LogP contribution in [0.15, 0.2) is 12.1 Å². The summed E-state index contributed by atoms with van der Waals surface area (Å²) in [6.45, 7) is 8.58. The number of nitriles is 1. The highest BCUT2D eigenvalue weighted by molar-refractivity contribution is 5.96. The molecule has 0 N–H and O–H groups in total. The Morgan fingerprint density at radius 1 is 0.929 bits per heavy atom. The van der Waals surface area contributed by atoms with Crippen molar-refractivity contribution in [2.24, 2.45) is 0 Å². The van der Waals surface area contributed by atoms with E-state index in [1.807, 2.05) is 26.8 Å². The molecule has 1 aliphatic heterocycles. The van der Waals surface area contributed by atoms with Gasteiger partial charge >= 0.3 is 0 Å². The van der Waals surface area contributed by atoms with Gasteiger partial charge in [-0.15, -0.1) is 0 Å². The normalized spacial score (nSPS) is 13.6. The molecular formula is C20H27N3O5. The Bertz CT molecular complexity index is 709. The second kappa shape index (κ2) is 10.4. The molecule has 2 rings (SSSR count). The molecule has 28 heavy (non-hydrogen) atoms. The lowest BCUT2D eigenvalue weighted by Crippen LogP contribution is -2.50. The van der Waals surface area contributed by atoms with Crippen molar-refractivity contribution in [1.82, 2.24) is 9.80 Å². The SMILES string of the molecule is CCOc1cc(C(=O)N2CCN(C(=O)CC#N)CC2)cc(OCC)c1OCC. The van der Waals surface area contributed by atoms with E-state index >= 15 is 0 Å². The lowest BCUT2D eigenvalue weighted by Gasteiger charge is -2.34. The molecule has 0 aromatic heterocycles. The number of piperazine rings is 1. The predicted octanol–water partition coefficient (Wildman–Crippen LogP) is 2.08. The first-order valence-electron chi connectivity index (χ1n) is 9.56.